The lowest BCUT2D eigenvalue weighted by Crippen LogP contribution is -2.30. The average molecular weight is 519 g/mol. The number of anilines is 1. The van der Waals surface area contributed by atoms with E-state index in [4.69, 9.17) is 9.72 Å². The quantitative estimate of drug-likeness (QED) is 0.259. The van der Waals surface area contributed by atoms with Crippen LogP contribution in [0, 0.1) is 13.8 Å². The fourth-order valence-corrected chi connectivity index (χ4v) is 5.52. The molecule has 0 bridgehead atoms. The minimum absolute atomic E-state index is 0.00663. The van der Waals surface area contributed by atoms with Gasteiger partial charge in [0.2, 0.25) is 11.1 Å². The second-order valence-corrected chi connectivity index (χ2v) is 10.1. The predicted molar refractivity (Wildman–Crippen MR) is 144 cm³/mol. The van der Waals surface area contributed by atoms with Crippen LogP contribution in [0.5, 0.6) is 5.75 Å². The Labute approximate surface area is 217 Å². The summed E-state index contributed by atoms with van der Waals surface area (Å²) in [7, 11) is 1.64. The van der Waals surface area contributed by atoms with Crippen molar-refractivity contribution in [2.45, 2.75) is 38.4 Å². The smallest absolute Gasteiger partial charge is 0.253 e. The van der Waals surface area contributed by atoms with Crippen LogP contribution in [-0.4, -0.2) is 43.8 Å². The van der Waals surface area contributed by atoms with Crippen LogP contribution in [0.3, 0.4) is 0 Å². The molecule has 0 N–H and O–H groups in total. The predicted octanol–water partition coefficient (Wildman–Crippen LogP) is 5.25. The van der Waals surface area contributed by atoms with Gasteiger partial charge in [-0.25, -0.2) is 14.5 Å². The second-order valence-electron chi connectivity index (χ2n) is 8.37. The molecule has 0 fully saturated rings. The van der Waals surface area contributed by atoms with Gasteiger partial charge in [-0.1, -0.05) is 53.4 Å². The largest absolute Gasteiger partial charge is 0.497 e. The third-order valence-corrected chi connectivity index (χ3v) is 7.68. The minimum atomic E-state index is 0.00663. The summed E-state index contributed by atoms with van der Waals surface area (Å²) in [6.07, 6.45) is 2.82. The number of benzene rings is 2. The maximum Gasteiger partial charge on any atom is 0.253 e. The van der Waals surface area contributed by atoms with Crippen LogP contribution in [0.15, 0.2) is 53.7 Å². The lowest BCUT2D eigenvalue weighted by atomic mass is 10.1. The monoisotopic (exact) mass is 518 g/mol. The second kappa shape index (κ2) is 10.2. The molecule has 0 aliphatic carbocycles. The molecule has 5 rings (SSSR count). The van der Waals surface area contributed by atoms with Gasteiger partial charge in [-0.3, -0.25) is 9.69 Å². The first-order valence-electron chi connectivity index (χ1n) is 11.5. The van der Waals surface area contributed by atoms with Crippen LogP contribution < -0.4 is 9.64 Å². The highest BCUT2D eigenvalue weighted by Gasteiger charge is 2.22. The number of hydrogen-bond donors (Lipinski definition) is 0. The molecule has 0 atom stereocenters. The lowest BCUT2D eigenvalue weighted by Gasteiger charge is -2.20. The van der Waals surface area contributed by atoms with Crippen molar-refractivity contribution in [3.63, 3.8) is 0 Å². The number of nitrogens with zero attached hydrogens (tertiary/aromatic N) is 6. The zero-order valence-corrected chi connectivity index (χ0v) is 22.2. The van der Waals surface area contributed by atoms with E-state index < -0.39 is 0 Å². The molecule has 36 heavy (non-hydrogen) atoms. The summed E-state index contributed by atoms with van der Waals surface area (Å²) in [5.41, 5.74) is 4.74. The molecule has 0 saturated carbocycles. The summed E-state index contributed by atoms with van der Waals surface area (Å²) < 4.78 is 8.11. The van der Waals surface area contributed by atoms with Crippen molar-refractivity contribution in [1.29, 1.82) is 0 Å². The van der Waals surface area contributed by atoms with Crippen LogP contribution in [0.1, 0.15) is 28.9 Å². The zero-order valence-electron chi connectivity index (χ0n) is 20.6. The first-order valence-corrected chi connectivity index (χ1v) is 13.6. The Balaban J connectivity index is 1.44. The Hall–Kier alpha value is -3.50. The van der Waals surface area contributed by atoms with Crippen molar-refractivity contribution in [2.24, 2.45) is 0 Å². The molecule has 1 amide bonds. The standard InChI is InChI=1S/C26H26N6O2S2/c1-16-20(17(2)32-24(27-16)29-25(30-32)35-4)11-13-23(33)31(15-18-8-6-5-7-9-18)26-28-21-12-10-19(34-3)14-22(21)36-26/h5-10,12,14H,11,13,15H2,1-4H3. The molecular weight excluding hydrogens is 492 g/mol. The van der Waals surface area contributed by atoms with Crippen LogP contribution in [0.25, 0.3) is 16.0 Å². The summed E-state index contributed by atoms with van der Waals surface area (Å²) in [5.74, 6) is 1.36. The van der Waals surface area contributed by atoms with Crippen LogP contribution in [-0.2, 0) is 17.8 Å². The molecule has 0 aliphatic heterocycles. The molecule has 2 aromatic carbocycles. The Morgan fingerprint density at radius 2 is 1.92 bits per heavy atom. The SMILES string of the molecule is COc1ccc2nc(N(Cc3ccccc3)C(=O)CCc3c(C)nc4nc(SC)nn4c3C)sc2c1. The Kier molecular flexibility index (Phi) is 6.88. The van der Waals surface area contributed by atoms with Crippen molar-refractivity contribution in [1.82, 2.24) is 24.6 Å². The van der Waals surface area contributed by atoms with Gasteiger partial charge in [-0.05, 0) is 55.9 Å². The van der Waals surface area contributed by atoms with Crippen molar-refractivity contribution in [3.8, 4) is 5.75 Å². The maximum atomic E-state index is 13.7. The Bertz CT molecular complexity index is 1550. The van der Waals surface area contributed by atoms with Gasteiger partial charge in [-0.2, -0.15) is 4.98 Å². The van der Waals surface area contributed by atoms with E-state index in [-0.39, 0.29) is 5.91 Å². The molecule has 0 saturated heterocycles. The number of rotatable bonds is 8. The van der Waals surface area contributed by atoms with Crippen molar-refractivity contribution < 1.29 is 9.53 Å². The van der Waals surface area contributed by atoms with E-state index in [1.165, 1.54) is 23.1 Å². The molecule has 5 aromatic rings. The van der Waals surface area contributed by atoms with Gasteiger partial charge in [0.15, 0.2) is 5.13 Å². The average Bonchev–Trinajstić information content (AvgIpc) is 3.51. The molecule has 0 unspecified atom stereocenters. The number of amides is 1. The summed E-state index contributed by atoms with van der Waals surface area (Å²) in [5, 5.41) is 5.88. The zero-order chi connectivity index (χ0) is 25.2. The van der Waals surface area contributed by atoms with Gasteiger partial charge in [0.1, 0.15) is 5.75 Å². The highest BCUT2D eigenvalue weighted by molar-refractivity contribution is 7.98. The molecule has 3 heterocycles. The first kappa shape index (κ1) is 24.2. The van der Waals surface area contributed by atoms with E-state index in [0.717, 1.165) is 38.5 Å². The molecular formula is C26H26N6O2S2. The van der Waals surface area contributed by atoms with E-state index >= 15 is 0 Å². The number of carbonyl (C=O) groups excluding carboxylic acids is 1. The number of methoxy groups -OCH3 is 1. The number of thiazole rings is 1. The van der Waals surface area contributed by atoms with Gasteiger partial charge in [0, 0.05) is 17.8 Å². The van der Waals surface area contributed by atoms with E-state index in [9.17, 15) is 4.79 Å². The maximum absolute atomic E-state index is 13.7. The van der Waals surface area contributed by atoms with Gasteiger partial charge >= 0.3 is 0 Å². The summed E-state index contributed by atoms with van der Waals surface area (Å²) in [6, 6.07) is 15.8. The van der Waals surface area contributed by atoms with E-state index in [2.05, 4.69) is 15.1 Å². The number of fused-ring (bicyclic) bond motifs is 2. The number of thioether (sulfide) groups is 1. The summed E-state index contributed by atoms with van der Waals surface area (Å²) in [6.45, 7) is 4.41. The third kappa shape index (κ3) is 4.78. The molecule has 184 valence electrons. The van der Waals surface area contributed by atoms with Crippen LogP contribution in [0.2, 0.25) is 0 Å². The van der Waals surface area contributed by atoms with E-state index in [0.29, 0.717) is 35.5 Å². The third-order valence-electron chi connectivity index (χ3n) is 6.10. The lowest BCUT2D eigenvalue weighted by molar-refractivity contribution is -0.118. The highest BCUT2D eigenvalue weighted by atomic mass is 32.2. The highest BCUT2D eigenvalue weighted by Crippen LogP contribution is 2.33. The van der Waals surface area contributed by atoms with Crippen molar-refractivity contribution in [3.05, 3.63) is 71.0 Å². The molecule has 8 nitrogen and oxygen atoms in total. The van der Waals surface area contributed by atoms with Crippen LogP contribution >= 0.6 is 23.1 Å². The summed E-state index contributed by atoms with van der Waals surface area (Å²) in [4.78, 5) is 29.3. The van der Waals surface area contributed by atoms with Gasteiger partial charge in [0.05, 0.1) is 23.9 Å². The number of carbonyl (C=O) groups is 1. The molecule has 0 aliphatic rings. The summed E-state index contributed by atoms with van der Waals surface area (Å²) >= 11 is 2.98. The Morgan fingerprint density at radius 1 is 1.11 bits per heavy atom. The van der Waals surface area contributed by atoms with Gasteiger partial charge in [0.25, 0.3) is 5.78 Å². The fraction of sp³-hybridized carbons (Fsp3) is 0.269. The first-order chi connectivity index (χ1) is 17.5. The number of aryl methyl sites for hydroxylation is 2. The number of ether oxygens (including phenoxy) is 1. The molecule has 3 aromatic heterocycles. The fourth-order valence-electron chi connectivity index (χ4n) is 4.17. The van der Waals surface area contributed by atoms with Crippen molar-refractivity contribution in [2.75, 3.05) is 18.3 Å². The van der Waals surface area contributed by atoms with E-state index in [1.54, 1.807) is 16.5 Å². The van der Waals surface area contributed by atoms with Gasteiger partial charge in [-0.15, -0.1) is 5.10 Å². The van der Waals surface area contributed by atoms with Gasteiger partial charge < -0.3 is 4.74 Å². The number of aromatic nitrogens is 5. The topological polar surface area (TPSA) is 85.5 Å². The molecule has 10 heteroatoms. The molecule has 0 radical (unpaired) electrons. The molecule has 0 spiro atoms. The normalized spacial score (nSPS) is 11.3. The Morgan fingerprint density at radius 3 is 2.67 bits per heavy atom. The number of hydrogen-bond acceptors (Lipinski definition) is 8. The van der Waals surface area contributed by atoms with Crippen molar-refractivity contribution >= 4 is 50.1 Å². The van der Waals surface area contributed by atoms with E-state index in [1.807, 2.05) is 68.6 Å². The minimum Gasteiger partial charge on any atom is -0.497 e. The van der Waals surface area contributed by atoms with Crippen LogP contribution in [0.4, 0.5) is 5.13 Å².